The van der Waals surface area contributed by atoms with Gasteiger partial charge in [0.25, 0.3) is 5.56 Å². The molecule has 0 unspecified atom stereocenters. The first kappa shape index (κ1) is 19.1. The van der Waals surface area contributed by atoms with Crippen molar-refractivity contribution < 1.29 is 4.79 Å². The zero-order chi connectivity index (χ0) is 20.9. The van der Waals surface area contributed by atoms with Gasteiger partial charge in [-0.15, -0.1) is 0 Å². The van der Waals surface area contributed by atoms with Crippen molar-refractivity contribution in [2.75, 3.05) is 5.32 Å². The molecule has 1 amide bonds. The molecule has 0 fully saturated rings. The van der Waals surface area contributed by atoms with Gasteiger partial charge in [0.2, 0.25) is 5.91 Å². The van der Waals surface area contributed by atoms with E-state index < -0.39 is 0 Å². The van der Waals surface area contributed by atoms with Crippen molar-refractivity contribution in [3.8, 4) is 11.8 Å². The summed E-state index contributed by atoms with van der Waals surface area (Å²) in [7, 11) is 0. The van der Waals surface area contributed by atoms with Crippen molar-refractivity contribution in [3.05, 3.63) is 100 Å². The molecular formula is C24H18N4O2. The Morgan fingerprint density at radius 3 is 2.70 bits per heavy atom. The van der Waals surface area contributed by atoms with Gasteiger partial charge in [-0.1, -0.05) is 30.2 Å². The van der Waals surface area contributed by atoms with Crippen LogP contribution in [0, 0.1) is 18.8 Å². The number of nitrogens with one attached hydrogen (secondary N) is 1. The number of benzene rings is 2. The van der Waals surface area contributed by atoms with Crippen LogP contribution in [0.4, 0.5) is 5.69 Å². The Morgan fingerprint density at radius 1 is 1.03 bits per heavy atom. The van der Waals surface area contributed by atoms with E-state index in [2.05, 4.69) is 27.1 Å². The maximum Gasteiger partial charge on any atom is 0.261 e. The van der Waals surface area contributed by atoms with Crippen molar-refractivity contribution in [1.29, 1.82) is 0 Å². The zero-order valence-corrected chi connectivity index (χ0v) is 16.3. The van der Waals surface area contributed by atoms with E-state index in [4.69, 9.17) is 0 Å². The predicted molar refractivity (Wildman–Crippen MR) is 116 cm³/mol. The van der Waals surface area contributed by atoms with Crippen molar-refractivity contribution in [1.82, 2.24) is 14.5 Å². The third-order valence-corrected chi connectivity index (χ3v) is 4.50. The molecule has 6 heteroatoms. The van der Waals surface area contributed by atoms with Crippen LogP contribution in [0.2, 0.25) is 0 Å². The molecule has 0 bridgehead atoms. The summed E-state index contributed by atoms with van der Waals surface area (Å²) < 4.78 is 1.38. The van der Waals surface area contributed by atoms with Crippen LogP contribution in [0.25, 0.3) is 10.9 Å². The molecule has 2 aromatic carbocycles. The summed E-state index contributed by atoms with van der Waals surface area (Å²) in [6.07, 6.45) is 1.69. The summed E-state index contributed by atoms with van der Waals surface area (Å²) >= 11 is 0. The van der Waals surface area contributed by atoms with Crippen LogP contribution in [-0.2, 0) is 11.3 Å². The number of hydrogen-bond donors (Lipinski definition) is 1. The second-order valence-corrected chi connectivity index (χ2v) is 6.66. The monoisotopic (exact) mass is 394 g/mol. The number of rotatable bonds is 3. The number of para-hydroxylation sites is 1. The van der Waals surface area contributed by atoms with E-state index in [1.54, 1.807) is 43.5 Å². The highest BCUT2D eigenvalue weighted by Gasteiger charge is 2.11. The molecule has 2 aromatic heterocycles. The lowest BCUT2D eigenvalue weighted by Gasteiger charge is -2.11. The van der Waals surface area contributed by atoms with E-state index in [1.165, 1.54) is 4.57 Å². The van der Waals surface area contributed by atoms with Gasteiger partial charge in [-0.05, 0) is 55.3 Å². The van der Waals surface area contributed by atoms with Gasteiger partial charge in [-0.3, -0.25) is 14.2 Å². The molecule has 0 saturated carbocycles. The van der Waals surface area contributed by atoms with Crippen molar-refractivity contribution in [3.63, 3.8) is 0 Å². The molecule has 2 heterocycles. The number of pyridine rings is 1. The van der Waals surface area contributed by atoms with Crippen LogP contribution in [0.3, 0.4) is 0 Å². The van der Waals surface area contributed by atoms with Crippen molar-refractivity contribution in [2.24, 2.45) is 0 Å². The second kappa shape index (κ2) is 8.41. The maximum atomic E-state index is 12.7. The average molecular weight is 394 g/mol. The van der Waals surface area contributed by atoms with Crippen LogP contribution < -0.4 is 10.9 Å². The Balaban J connectivity index is 1.52. The Bertz CT molecular complexity index is 1350. The molecule has 0 aliphatic rings. The van der Waals surface area contributed by atoms with E-state index in [1.807, 2.05) is 36.4 Å². The molecule has 0 aliphatic carbocycles. The summed E-state index contributed by atoms with van der Waals surface area (Å²) in [6.45, 7) is 1.60. The predicted octanol–water partition coefficient (Wildman–Crippen LogP) is 3.14. The fraction of sp³-hybridized carbons (Fsp3) is 0.0833. The van der Waals surface area contributed by atoms with E-state index in [0.717, 1.165) is 5.56 Å². The van der Waals surface area contributed by atoms with Gasteiger partial charge >= 0.3 is 0 Å². The second-order valence-electron chi connectivity index (χ2n) is 6.66. The van der Waals surface area contributed by atoms with Gasteiger partial charge < -0.3 is 5.32 Å². The number of nitrogens with zero attached hydrogens (tertiary/aromatic N) is 3. The van der Waals surface area contributed by atoms with Gasteiger partial charge in [0.05, 0.1) is 10.9 Å². The molecule has 0 spiro atoms. The number of amides is 1. The highest BCUT2D eigenvalue weighted by atomic mass is 16.2. The van der Waals surface area contributed by atoms with Crippen LogP contribution >= 0.6 is 0 Å². The number of fused-ring (bicyclic) bond motifs is 1. The molecule has 0 radical (unpaired) electrons. The SMILES string of the molecule is Cc1nc2ccccc2c(=O)n1CC(=O)Nc1cccc(C#Cc2ccccn2)c1. The normalized spacial score (nSPS) is 10.3. The quantitative estimate of drug-likeness (QED) is 0.542. The van der Waals surface area contributed by atoms with E-state index in [9.17, 15) is 9.59 Å². The topological polar surface area (TPSA) is 76.9 Å². The molecule has 146 valence electrons. The lowest BCUT2D eigenvalue weighted by atomic mass is 10.2. The molecule has 1 N–H and O–H groups in total. The lowest BCUT2D eigenvalue weighted by molar-refractivity contribution is -0.116. The number of aromatic nitrogens is 3. The fourth-order valence-corrected chi connectivity index (χ4v) is 3.06. The smallest absolute Gasteiger partial charge is 0.261 e. The highest BCUT2D eigenvalue weighted by Crippen LogP contribution is 2.11. The minimum Gasteiger partial charge on any atom is -0.324 e. The first-order valence-corrected chi connectivity index (χ1v) is 9.39. The van der Waals surface area contributed by atoms with Gasteiger partial charge in [0.1, 0.15) is 18.1 Å². The van der Waals surface area contributed by atoms with E-state index in [0.29, 0.717) is 28.1 Å². The molecule has 0 atom stereocenters. The zero-order valence-electron chi connectivity index (χ0n) is 16.3. The number of anilines is 1. The first-order valence-electron chi connectivity index (χ1n) is 9.39. The first-order chi connectivity index (χ1) is 14.6. The minimum absolute atomic E-state index is 0.119. The average Bonchev–Trinajstić information content (AvgIpc) is 2.76. The van der Waals surface area contributed by atoms with E-state index >= 15 is 0 Å². The van der Waals surface area contributed by atoms with Gasteiger partial charge in [-0.25, -0.2) is 9.97 Å². The fourth-order valence-electron chi connectivity index (χ4n) is 3.06. The number of aryl methyl sites for hydroxylation is 1. The standard InChI is InChI=1S/C24H18N4O2/c1-17-26-22-11-3-2-10-21(22)24(30)28(17)16-23(29)27-20-9-6-7-18(15-20)12-13-19-8-4-5-14-25-19/h2-11,14-15H,16H2,1H3,(H,27,29). The third kappa shape index (κ3) is 4.26. The third-order valence-electron chi connectivity index (χ3n) is 4.50. The van der Waals surface area contributed by atoms with Crippen molar-refractivity contribution >= 4 is 22.5 Å². The Labute approximate surface area is 173 Å². The van der Waals surface area contributed by atoms with Gasteiger partial charge in [-0.2, -0.15) is 0 Å². The summed E-state index contributed by atoms with van der Waals surface area (Å²) in [6, 6.07) is 19.9. The molecule has 4 rings (SSSR count). The van der Waals surface area contributed by atoms with Gasteiger partial charge in [0, 0.05) is 17.4 Å². The van der Waals surface area contributed by atoms with E-state index in [-0.39, 0.29) is 18.0 Å². The Morgan fingerprint density at radius 2 is 1.87 bits per heavy atom. The molecule has 4 aromatic rings. The molecular weight excluding hydrogens is 376 g/mol. The Kier molecular flexibility index (Phi) is 5.35. The Hall–Kier alpha value is -4.24. The molecule has 6 nitrogen and oxygen atoms in total. The molecule has 0 aliphatic heterocycles. The highest BCUT2D eigenvalue weighted by molar-refractivity contribution is 5.91. The number of hydrogen-bond acceptors (Lipinski definition) is 4. The van der Waals surface area contributed by atoms with Crippen LogP contribution in [0.1, 0.15) is 17.1 Å². The summed E-state index contributed by atoms with van der Waals surface area (Å²) in [4.78, 5) is 33.9. The van der Waals surface area contributed by atoms with Crippen LogP contribution in [0.15, 0.2) is 77.7 Å². The largest absolute Gasteiger partial charge is 0.324 e. The molecule has 30 heavy (non-hydrogen) atoms. The maximum absolute atomic E-state index is 12.7. The number of carbonyl (C=O) groups excluding carboxylic acids is 1. The number of carbonyl (C=O) groups is 1. The molecule has 0 saturated heterocycles. The summed E-state index contributed by atoms with van der Waals surface area (Å²) in [5, 5.41) is 3.31. The van der Waals surface area contributed by atoms with Gasteiger partial charge in [0.15, 0.2) is 0 Å². The van der Waals surface area contributed by atoms with Crippen LogP contribution in [0.5, 0.6) is 0 Å². The van der Waals surface area contributed by atoms with Crippen molar-refractivity contribution in [2.45, 2.75) is 13.5 Å². The lowest BCUT2D eigenvalue weighted by Crippen LogP contribution is -2.30. The summed E-state index contributed by atoms with van der Waals surface area (Å²) in [5.74, 6) is 6.20. The summed E-state index contributed by atoms with van der Waals surface area (Å²) in [5.41, 5.74) is 2.41. The van der Waals surface area contributed by atoms with Crippen LogP contribution in [-0.4, -0.2) is 20.4 Å². The minimum atomic E-state index is -0.313.